The molecule has 322 valence electrons. The maximum Gasteiger partial charge on any atom is 0.252 e. The predicted molar refractivity (Wildman–Crippen MR) is 233 cm³/mol. The quantitative estimate of drug-likeness (QED) is 0.198. The van der Waals surface area contributed by atoms with Crippen LogP contribution in [0.2, 0.25) is 0 Å². The molecule has 2 aliphatic rings. The smallest absolute Gasteiger partial charge is 0.252 e. The summed E-state index contributed by atoms with van der Waals surface area (Å²) >= 11 is 0. The number of nitrogens with one attached hydrogen (secondary N) is 6. The molecule has 6 N–H and O–H groups in total. The summed E-state index contributed by atoms with van der Waals surface area (Å²) in [5, 5.41) is 17.9. The van der Waals surface area contributed by atoms with Crippen LogP contribution in [-0.2, 0) is 16.2 Å². The third-order valence-electron chi connectivity index (χ3n) is 10.8. The van der Waals surface area contributed by atoms with Gasteiger partial charge < -0.3 is 31.9 Å². The van der Waals surface area contributed by atoms with Gasteiger partial charge in [-0.15, -0.1) is 0 Å². The van der Waals surface area contributed by atoms with Gasteiger partial charge in [0.1, 0.15) is 0 Å². The van der Waals surface area contributed by atoms with Crippen LogP contribution < -0.4 is 31.9 Å². The first-order valence-corrected chi connectivity index (χ1v) is 20.7. The van der Waals surface area contributed by atoms with E-state index in [9.17, 15) is 28.8 Å². The average Bonchev–Trinajstić information content (AvgIpc) is 3.18. The van der Waals surface area contributed by atoms with Gasteiger partial charge >= 0.3 is 0 Å². The minimum absolute atomic E-state index is 0.0640. The van der Waals surface area contributed by atoms with Gasteiger partial charge in [0.25, 0.3) is 35.4 Å². The Morgan fingerprint density at radius 3 is 0.733 bits per heavy atom. The topological polar surface area (TPSA) is 181 Å². The highest BCUT2D eigenvalue weighted by atomic mass is 16.2. The van der Waals surface area contributed by atoms with E-state index < -0.39 is 0 Å². The van der Waals surface area contributed by atoms with Gasteiger partial charge in [-0.2, -0.15) is 0 Å². The molecular weight excluding hydrogens is 761 g/mol. The molecule has 0 fully saturated rings. The molecule has 2 heterocycles. The number of benzene rings is 3. The molecule has 2 aliphatic heterocycles. The van der Waals surface area contributed by atoms with Crippen LogP contribution in [0.15, 0.2) is 54.6 Å². The Hall–Kier alpha value is -5.60. The zero-order valence-electron chi connectivity index (χ0n) is 36.6. The lowest BCUT2D eigenvalue weighted by atomic mass is 9.85. The standard InChI is InChI=1S/C46H62N8O6/c1-44(2,3)35-21-29-18-30(22-35)39(56)48-11-15-54-17-13-50-41(58)32-19-31(23-36(24-32)45(4,5)6)40(57)49-12-16-53(14-10-47-38(29)55)27-51-42(59)33-20-34(43(60)52-28-54)26-37(25-33)46(7,8)9/h18-26H,10-17,27-28H2,1-9H3,(H,47,55)(H,48,56)(H,49,57)(H,50,58)(H,51,59)(H,52,60). The number of fused-ring (bicyclic) bond motifs is 10. The second kappa shape index (κ2) is 18.8. The Bertz CT molecular complexity index is 1910. The summed E-state index contributed by atoms with van der Waals surface area (Å²) in [6.07, 6.45) is 0. The third kappa shape index (κ3) is 12.2. The molecule has 0 spiro atoms. The first-order valence-electron chi connectivity index (χ1n) is 20.7. The third-order valence-corrected chi connectivity index (χ3v) is 10.8. The fraction of sp³-hybridized carbons (Fsp3) is 0.478. The van der Waals surface area contributed by atoms with Crippen molar-refractivity contribution in [2.75, 3.05) is 65.7 Å². The first kappa shape index (κ1) is 45.5. The first-order chi connectivity index (χ1) is 28.1. The van der Waals surface area contributed by atoms with E-state index in [2.05, 4.69) is 31.9 Å². The molecule has 0 unspecified atom stereocenters. The van der Waals surface area contributed by atoms with Gasteiger partial charge in [0.2, 0.25) is 0 Å². The lowest BCUT2D eigenvalue weighted by Crippen LogP contribution is -2.45. The van der Waals surface area contributed by atoms with Crippen molar-refractivity contribution >= 4 is 35.4 Å². The highest BCUT2D eigenvalue weighted by molar-refractivity contribution is 6.02. The Balaban J connectivity index is 1.57. The van der Waals surface area contributed by atoms with Gasteiger partial charge in [0, 0.05) is 85.7 Å². The Kier molecular flexibility index (Phi) is 14.2. The summed E-state index contributed by atoms with van der Waals surface area (Å²) in [6, 6.07) is 15.4. The molecule has 14 nitrogen and oxygen atoms in total. The van der Waals surface area contributed by atoms with Crippen molar-refractivity contribution in [2.45, 2.75) is 78.6 Å². The number of hydrogen-bond acceptors (Lipinski definition) is 8. The monoisotopic (exact) mass is 822 g/mol. The second-order valence-corrected chi connectivity index (χ2v) is 18.7. The van der Waals surface area contributed by atoms with Crippen molar-refractivity contribution in [3.05, 3.63) is 105 Å². The maximum absolute atomic E-state index is 13.8. The number of nitrogens with zero attached hydrogens (tertiary/aromatic N) is 2. The lowest BCUT2D eigenvalue weighted by Gasteiger charge is -2.26. The normalized spacial score (nSPS) is 19.8. The van der Waals surface area contributed by atoms with Crippen LogP contribution in [0.25, 0.3) is 0 Å². The van der Waals surface area contributed by atoms with Gasteiger partial charge in [0.15, 0.2) is 0 Å². The fourth-order valence-electron chi connectivity index (χ4n) is 6.80. The van der Waals surface area contributed by atoms with E-state index in [0.717, 1.165) is 16.7 Å². The Morgan fingerprint density at radius 1 is 0.333 bits per heavy atom. The summed E-state index contributed by atoms with van der Waals surface area (Å²) < 4.78 is 0. The van der Waals surface area contributed by atoms with Crippen molar-refractivity contribution in [3.63, 3.8) is 0 Å². The van der Waals surface area contributed by atoms with Crippen molar-refractivity contribution in [2.24, 2.45) is 0 Å². The van der Waals surface area contributed by atoms with Crippen molar-refractivity contribution in [3.8, 4) is 0 Å². The SMILES string of the molecule is CC(C)(C)c1cc2cc(c1)C(=O)NCCN1CCNC(=O)c3cc(cc(C(C)(C)C)c3)C(=O)NCCN(CCNC2=O)CNC(=O)c2cc(cc(C(C)(C)C)c2)C(=O)NC1. The van der Waals surface area contributed by atoms with E-state index in [4.69, 9.17) is 0 Å². The van der Waals surface area contributed by atoms with Crippen LogP contribution in [0.4, 0.5) is 0 Å². The zero-order chi connectivity index (χ0) is 44.0. The van der Waals surface area contributed by atoms with E-state index in [-0.39, 0.29) is 91.2 Å². The van der Waals surface area contributed by atoms with Crippen LogP contribution in [0.5, 0.6) is 0 Å². The molecule has 0 aliphatic carbocycles. The van der Waals surface area contributed by atoms with Crippen LogP contribution >= 0.6 is 0 Å². The highest BCUT2D eigenvalue weighted by Crippen LogP contribution is 2.27. The molecule has 3 aromatic rings. The lowest BCUT2D eigenvalue weighted by molar-refractivity contribution is 0.0890. The molecule has 60 heavy (non-hydrogen) atoms. The molecule has 3 aromatic carbocycles. The Labute approximate surface area is 354 Å². The summed E-state index contributed by atoms with van der Waals surface area (Å²) in [4.78, 5) is 86.2. The average molecular weight is 823 g/mol. The summed E-state index contributed by atoms with van der Waals surface area (Å²) in [7, 11) is 0. The van der Waals surface area contributed by atoms with Crippen molar-refractivity contribution < 1.29 is 28.8 Å². The maximum atomic E-state index is 13.8. The van der Waals surface area contributed by atoms with Gasteiger partial charge in [-0.1, -0.05) is 62.3 Å². The number of rotatable bonds is 0. The van der Waals surface area contributed by atoms with Gasteiger partial charge in [0.05, 0.1) is 13.3 Å². The number of hydrogen-bond donors (Lipinski definition) is 6. The predicted octanol–water partition coefficient (Wildman–Crippen LogP) is 3.90. The fourth-order valence-corrected chi connectivity index (χ4v) is 6.80. The minimum atomic E-state index is -0.385. The number of carbonyl (C=O) groups excluding carboxylic acids is 6. The molecule has 14 heteroatoms. The minimum Gasteiger partial charge on any atom is -0.351 e. The Morgan fingerprint density at radius 2 is 0.533 bits per heavy atom. The van der Waals surface area contributed by atoms with Crippen LogP contribution in [0, 0.1) is 0 Å². The van der Waals surface area contributed by atoms with Crippen LogP contribution in [0.3, 0.4) is 0 Å². The molecule has 0 saturated carbocycles. The largest absolute Gasteiger partial charge is 0.351 e. The van der Waals surface area contributed by atoms with E-state index in [1.807, 2.05) is 72.1 Å². The zero-order valence-corrected chi connectivity index (χ0v) is 36.6. The van der Waals surface area contributed by atoms with Gasteiger partial charge in [-0.05, 0) is 87.5 Å². The number of amides is 6. The molecule has 0 radical (unpaired) electrons. The summed E-state index contributed by atoms with van der Waals surface area (Å²) in [6.45, 7) is 20.1. The molecular formula is C46H62N8O6. The molecule has 0 atom stereocenters. The summed E-state index contributed by atoms with van der Waals surface area (Å²) in [5.41, 5.74) is 3.28. The van der Waals surface area contributed by atoms with E-state index >= 15 is 0 Å². The number of carbonyl (C=O) groups is 6. The molecule has 0 saturated heterocycles. The summed E-state index contributed by atoms with van der Waals surface area (Å²) in [5.74, 6) is -2.18. The van der Waals surface area contributed by atoms with Gasteiger partial charge in [-0.25, -0.2) is 0 Å². The van der Waals surface area contributed by atoms with E-state index in [0.29, 0.717) is 59.6 Å². The van der Waals surface area contributed by atoms with Crippen LogP contribution in [-0.4, -0.2) is 111 Å². The molecule has 6 amide bonds. The second-order valence-electron chi connectivity index (χ2n) is 18.7. The van der Waals surface area contributed by atoms with Crippen LogP contribution in [0.1, 0.15) is 141 Å². The van der Waals surface area contributed by atoms with Crippen molar-refractivity contribution in [1.82, 2.24) is 41.7 Å². The molecule has 8 bridgehead atoms. The molecule has 5 rings (SSSR count). The van der Waals surface area contributed by atoms with E-state index in [1.165, 1.54) is 0 Å². The van der Waals surface area contributed by atoms with Gasteiger partial charge in [-0.3, -0.25) is 38.6 Å². The van der Waals surface area contributed by atoms with Crippen molar-refractivity contribution in [1.29, 1.82) is 0 Å². The highest BCUT2D eigenvalue weighted by Gasteiger charge is 2.24. The van der Waals surface area contributed by atoms with E-state index in [1.54, 1.807) is 54.6 Å². The molecule has 0 aromatic heterocycles.